The van der Waals surface area contributed by atoms with E-state index in [-0.39, 0.29) is 16.8 Å². The van der Waals surface area contributed by atoms with Crippen LogP contribution in [0.25, 0.3) is 0 Å². The summed E-state index contributed by atoms with van der Waals surface area (Å²) in [5.74, 6) is 6.57. The zero-order valence-electron chi connectivity index (χ0n) is 19.1. The number of pyridine rings is 1. The molecule has 1 heterocycles. The number of rotatable bonds is 7. The standard InChI is InChI=1S/C29H23N3O3/c1-20(30)27-26(29(33)34)18-23(15-12-21-8-4-2-5-9-21)32-28(27)31-19-22-13-16-25(17-14-22)35-24-10-6-3-7-11-24/h2-11,13-14,16-18,30H,19H2,1H3,(H,31,32)(H,33,34). The van der Waals surface area contributed by atoms with Crippen molar-refractivity contribution in [1.29, 1.82) is 5.41 Å². The lowest BCUT2D eigenvalue weighted by molar-refractivity contribution is 0.0696. The van der Waals surface area contributed by atoms with Gasteiger partial charge in [-0.3, -0.25) is 0 Å². The number of carboxylic acids is 1. The van der Waals surface area contributed by atoms with Gasteiger partial charge in [-0.05, 0) is 60.9 Å². The average Bonchev–Trinajstić information content (AvgIpc) is 2.87. The van der Waals surface area contributed by atoms with Crippen molar-refractivity contribution in [3.05, 3.63) is 119 Å². The predicted molar refractivity (Wildman–Crippen MR) is 136 cm³/mol. The van der Waals surface area contributed by atoms with Crippen molar-refractivity contribution in [1.82, 2.24) is 4.98 Å². The van der Waals surface area contributed by atoms with E-state index >= 15 is 0 Å². The molecule has 6 heteroatoms. The number of carbonyl (C=O) groups is 1. The summed E-state index contributed by atoms with van der Waals surface area (Å²) in [7, 11) is 0. The highest BCUT2D eigenvalue weighted by atomic mass is 16.5. The van der Waals surface area contributed by atoms with Crippen LogP contribution in [-0.2, 0) is 6.54 Å². The van der Waals surface area contributed by atoms with Gasteiger partial charge >= 0.3 is 5.97 Å². The molecule has 0 amide bonds. The van der Waals surface area contributed by atoms with Crippen LogP contribution in [0.2, 0.25) is 0 Å². The molecule has 172 valence electrons. The highest BCUT2D eigenvalue weighted by molar-refractivity contribution is 6.09. The number of nitrogens with one attached hydrogen (secondary N) is 2. The van der Waals surface area contributed by atoms with Gasteiger partial charge in [0.1, 0.15) is 23.0 Å². The van der Waals surface area contributed by atoms with Gasteiger partial charge in [0.2, 0.25) is 0 Å². The zero-order valence-corrected chi connectivity index (χ0v) is 19.1. The molecule has 0 fully saturated rings. The number of aromatic carboxylic acids is 1. The van der Waals surface area contributed by atoms with Crippen LogP contribution in [0.5, 0.6) is 11.5 Å². The molecule has 0 saturated heterocycles. The SMILES string of the molecule is CC(=N)c1c(C(=O)O)cc(C#Cc2ccccc2)nc1NCc1ccc(Oc2ccccc2)cc1. The summed E-state index contributed by atoms with van der Waals surface area (Å²) < 4.78 is 5.83. The van der Waals surface area contributed by atoms with Crippen LogP contribution < -0.4 is 10.1 Å². The quantitative estimate of drug-likeness (QED) is 0.233. The monoisotopic (exact) mass is 461 g/mol. The van der Waals surface area contributed by atoms with E-state index < -0.39 is 5.97 Å². The number of hydrogen-bond acceptors (Lipinski definition) is 5. The Bertz CT molecular complexity index is 1400. The van der Waals surface area contributed by atoms with Crippen LogP contribution in [0.4, 0.5) is 5.82 Å². The lowest BCUT2D eigenvalue weighted by Crippen LogP contribution is -2.14. The molecular weight excluding hydrogens is 438 g/mol. The molecule has 6 nitrogen and oxygen atoms in total. The molecule has 1 aromatic heterocycles. The molecule has 0 spiro atoms. The van der Waals surface area contributed by atoms with Crippen molar-refractivity contribution in [2.45, 2.75) is 13.5 Å². The Morgan fingerprint density at radius 2 is 1.57 bits per heavy atom. The zero-order chi connectivity index (χ0) is 24.6. The van der Waals surface area contributed by atoms with E-state index in [0.29, 0.717) is 23.8 Å². The van der Waals surface area contributed by atoms with Crippen LogP contribution >= 0.6 is 0 Å². The highest BCUT2D eigenvalue weighted by Crippen LogP contribution is 2.23. The number of para-hydroxylation sites is 1. The van der Waals surface area contributed by atoms with Crippen LogP contribution in [-0.4, -0.2) is 21.8 Å². The maximum atomic E-state index is 12.0. The summed E-state index contributed by atoms with van der Waals surface area (Å²) in [6.45, 7) is 1.92. The van der Waals surface area contributed by atoms with Crippen LogP contribution in [0.3, 0.4) is 0 Å². The fourth-order valence-corrected chi connectivity index (χ4v) is 3.43. The minimum atomic E-state index is -1.14. The molecule has 0 aliphatic rings. The summed E-state index contributed by atoms with van der Waals surface area (Å²) in [5, 5.41) is 21.1. The topological polar surface area (TPSA) is 95.3 Å². The van der Waals surface area contributed by atoms with Gasteiger partial charge in [-0.2, -0.15) is 0 Å². The Kier molecular flexibility index (Phi) is 7.19. The molecule has 3 aromatic carbocycles. The van der Waals surface area contributed by atoms with Gasteiger partial charge in [-0.25, -0.2) is 9.78 Å². The summed E-state index contributed by atoms with van der Waals surface area (Å²) in [6.07, 6.45) is 0. The summed E-state index contributed by atoms with van der Waals surface area (Å²) in [6, 6.07) is 27.9. The van der Waals surface area contributed by atoms with Crippen molar-refractivity contribution in [2.24, 2.45) is 0 Å². The molecule has 0 atom stereocenters. The lowest BCUT2D eigenvalue weighted by Gasteiger charge is -2.14. The molecular formula is C29H23N3O3. The lowest BCUT2D eigenvalue weighted by atomic mass is 10.0. The third-order valence-electron chi connectivity index (χ3n) is 5.10. The summed E-state index contributed by atoms with van der Waals surface area (Å²) in [5.41, 5.74) is 2.38. The fourth-order valence-electron chi connectivity index (χ4n) is 3.43. The Morgan fingerprint density at radius 1 is 0.943 bits per heavy atom. The summed E-state index contributed by atoms with van der Waals surface area (Å²) >= 11 is 0. The van der Waals surface area contributed by atoms with E-state index in [9.17, 15) is 9.90 Å². The third kappa shape index (κ3) is 6.12. The van der Waals surface area contributed by atoms with Crippen molar-refractivity contribution >= 4 is 17.5 Å². The Morgan fingerprint density at radius 3 is 2.20 bits per heavy atom. The first-order valence-corrected chi connectivity index (χ1v) is 11.0. The van der Waals surface area contributed by atoms with E-state index in [1.54, 1.807) is 6.92 Å². The van der Waals surface area contributed by atoms with Crippen molar-refractivity contribution < 1.29 is 14.6 Å². The molecule has 35 heavy (non-hydrogen) atoms. The Labute approximate surface area is 203 Å². The smallest absolute Gasteiger partial charge is 0.336 e. The predicted octanol–water partition coefficient (Wildman–Crippen LogP) is 5.97. The number of anilines is 1. The van der Waals surface area contributed by atoms with Crippen molar-refractivity contribution in [3.63, 3.8) is 0 Å². The fraction of sp³-hybridized carbons (Fsp3) is 0.0690. The molecule has 0 saturated carbocycles. The molecule has 0 aliphatic heterocycles. The largest absolute Gasteiger partial charge is 0.478 e. The highest BCUT2D eigenvalue weighted by Gasteiger charge is 2.19. The van der Waals surface area contributed by atoms with E-state index in [4.69, 9.17) is 10.1 Å². The van der Waals surface area contributed by atoms with Crippen molar-refractivity contribution in [3.8, 4) is 23.3 Å². The van der Waals surface area contributed by atoms with E-state index in [1.807, 2.05) is 84.9 Å². The number of nitrogens with zero attached hydrogens (tertiary/aromatic N) is 1. The van der Waals surface area contributed by atoms with Crippen LogP contribution in [0.15, 0.2) is 91.0 Å². The first-order valence-electron chi connectivity index (χ1n) is 11.0. The number of carboxylic acid groups (broad SMARTS) is 1. The number of benzene rings is 3. The van der Waals surface area contributed by atoms with Gasteiger partial charge in [0.15, 0.2) is 0 Å². The van der Waals surface area contributed by atoms with E-state index in [0.717, 1.165) is 16.9 Å². The molecule has 0 bridgehead atoms. The third-order valence-corrected chi connectivity index (χ3v) is 5.10. The van der Waals surface area contributed by atoms with Gasteiger partial charge in [0, 0.05) is 17.8 Å². The maximum Gasteiger partial charge on any atom is 0.336 e. The first-order chi connectivity index (χ1) is 17.0. The van der Waals surface area contributed by atoms with Gasteiger partial charge in [-0.15, -0.1) is 0 Å². The molecule has 4 rings (SSSR count). The van der Waals surface area contributed by atoms with Crippen LogP contribution in [0, 0.1) is 17.3 Å². The minimum Gasteiger partial charge on any atom is -0.478 e. The second-order valence-corrected chi connectivity index (χ2v) is 7.74. The Balaban J connectivity index is 1.58. The second-order valence-electron chi connectivity index (χ2n) is 7.74. The van der Waals surface area contributed by atoms with E-state index in [2.05, 4.69) is 22.1 Å². The number of ether oxygens (including phenoxy) is 1. The molecule has 0 aliphatic carbocycles. The Hall–Kier alpha value is -4.89. The number of aromatic nitrogens is 1. The molecule has 0 radical (unpaired) electrons. The van der Waals surface area contributed by atoms with Crippen molar-refractivity contribution in [2.75, 3.05) is 5.32 Å². The normalized spacial score (nSPS) is 10.1. The van der Waals surface area contributed by atoms with Gasteiger partial charge < -0.3 is 20.6 Å². The summed E-state index contributed by atoms with van der Waals surface area (Å²) in [4.78, 5) is 16.5. The maximum absolute atomic E-state index is 12.0. The molecule has 3 N–H and O–H groups in total. The minimum absolute atomic E-state index is 0.0148. The van der Waals surface area contributed by atoms with Gasteiger partial charge in [0.25, 0.3) is 0 Å². The van der Waals surface area contributed by atoms with E-state index in [1.165, 1.54) is 6.07 Å². The van der Waals surface area contributed by atoms with Gasteiger partial charge in [0.05, 0.1) is 11.1 Å². The molecule has 0 unspecified atom stereocenters. The average molecular weight is 462 g/mol. The molecule has 4 aromatic rings. The van der Waals surface area contributed by atoms with Crippen LogP contribution in [0.1, 0.15) is 39.7 Å². The first kappa shape index (κ1) is 23.3. The number of hydrogen-bond donors (Lipinski definition) is 3. The van der Waals surface area contributed by atoms with Gasteiger partial charge in [-0.1, -0.05) is 54.5 Å². The second kappa shape index (κ2) is 10.8.